The molecular formula is C10H8ClF3O3. The van der Waals surface area contributed by atoms with Crippen LogP contribution in [0.2, 0.25) is 0 Å². The molecule has 17 heavy (non-hydrogen) atoms. The van der Waals surface area contributed by atoms with Crippen LogP contribution in [0.1, 0.15) is 11.1 Å². The van der Waals surface area contributed by atoms with Crippen molar-refractivity contribution < 1.29 is 27.8 Å². The van der Waals surface area contributed by atoms with Gasteiger partial charge in [0.1, 0.15) is 11.6 Å². The second-order valence-electron chi connectivity index (χ2n) is 3.13. The van der Waals surface area contributed by atoms with Crippen LogP contribution in [0, 0.1) is 5.82 Å². The van der Waals surface area contributed by atoms with Gasteiger partial charge in [-0.25, -0.2) is 4.39 Å². The highest BCUT2D eigenvalue weighted by molar-refractivity contribution is 6.17. The van der Waals surface area contributed by atoms with Crippen molar-refractivity contribution in [2.45, 2.75) is 18.9 Å². The summed E-state index contributed by atoms with van der Waals surface area (Å²) in [6.07, 6.45) is -0.617. The van der Waals surface area contributed by atoms with Crippen molar-refractivity contribution in [2.24, 2.45) is 0 Å². The van der Waals surface area contributed by atoms with Crippen LogP contribution in [-0.2, 0) is 17.1 Å². The largest absolute Gasteiger partial charge is 0.481 e. The Labute approximate surface area is 99.8 Å². The third-order valence-corrected chi connectivity index (χ3v) is 2.22. The summed E-state index contributed by atoms with van der Waals surface area (Å²) in [5.74, 6) is -2.62. The van der Waals surface area contributed by atoms with Gasteiger partial charge in [0.05, 0.1) is 12.3 Å². The summed E-state index contributed by atoms with van der Waals surface area (Å²) in [6, 6.07) is 1.82. The minimum Gasteiger partial charge on any atom is -0.481 e. The summed E-state index contributed by atoms with van der Waals surface area (Å²) < 4.78 is 41.6. The molecule has 0 spiro atoms. The number of aliphatic carboxylic acids is 1. The van der Waals surface area contributed by atoms with E-state index in [9.17, 15) is 18.0 Å². The molecule has 0 unspecified atom stereocenters. The van der Waals surface area contributed by atoms with Crippen molar-refractivity contribution in [1.29, 1.82) is 0 Å². The fraction of sp³-hybridized carbons (Fsp3) is 0.300. The van der Waals surface area contributed by atoms with E-state index in [-0.39, 0.29) is 22.8 Å². The van der Waals surface area contributed by atoms with Gasteiger partial charge < -0.3 is 9.84 Å². The van der Waals surface area contributed by atoms with Crippen LogP contribution in [0.15, 0.2) is 12.1 Å². The zero-order valence-corrected chi connectivity index (χ0v) is 9.18. The Balaban J connectivity index is 3.12. The average Bonchev–Trinajstić information content (AvgIpc) is 2.21. The smallest absolute Gasteiger partial charge is 0.387 e. The van der Waals surface area contributed by atoms with Crippen molar-refractivity contribution in [3.05, 3.63) is 29.1 Å². The molecule has 1 aromatic rings. The lowest BCUT2D eigenvalue weighted by Crippen LogP contribution is -2.08. The van der Waals surface area contributed by atoms with E-state index in [4.69, 9.17) is 16.7 Å². The van der Waals surface area contributed by atoms with Gasteiger partial charge in [0.2, 0.25) is 0 Å². The van der Waals surface area contributed by atoms with Gasteiger partial charge in [-0.1, -0.05) is 0 Å². The van der Waals surface area contributed by atoms with E-state index in [1.807, 2.05) is 0 Å². The Kier molecular flexibility index (Phi) is 4.62. The zero-order valence-electron chi connectivity index (χ0n) is 8.42. The highest BCUT2D eigenvalue weighted by atomic mass is 35.5. The quantitative estimate of drug-likeness (QED) is 0.835. The molecule has 1 aromatic carbocycles. The second-order valence-corrected chi connectivity index (χ2v) is 3.40. The van der Waals surface area contributed by atoms with Crippen LogP contribution in [-0.4, -0.2) is 17.7 Å². The molecule has 0 aliphatic carbocycles. The number of carboxylic acid groups (broad SMARTS) is 1. The summed E-state index contributed by atoms with van der Waals surface area (Å²) in [5.41, 5.74) is -0.194. The molecule has 7 heteroatoms. The second kappa shape index (κ2) is 5.77. The minimum absolute atomic E-state index is 0.0404. The predicted octanol–water partition coefficient (Wildman–Crippen LogP) is 2.79. The van der Waals surface area contributed by atoms with Crippen LogP contribution >= 0.6 is 11.6 Å². The van der Waals surface area contributed by atoms with Gasteiger partial charge in [0, 0.05) is 11.1 Å². The average molecular weight is 269 g/mol. The van der Waals surface area contributed by atoms with Crippen LogP contribution in [0.3, 0.4) is 0 Å². The van der Waals surface area contributed by atoms with Gasteiger partial charge >= 0.3 is 12.6 Å². The van der Waals surface area contributed by atoms with Crippen LogP contribution in [0.4, 0.5) is 13.2 Å². The van der Waals surface area contributed by atoms with Crippen molar-refractivity contribution in [2.75, 3.05) is 0 Å². The number of rotatable bonds is 5. The summed E-state index contributed by atoms with van der Waals surface area (Å²) in [4.78, 5) is 10.4. The van der Waals surface area contributed by atoms with Gasteiger partial charge in [-0.15, -0.1) is 11.6 Å². The van der Waals surface area contributed by atoms with Gasteiger partial charge in [-0.05, 0) is 12.1 Å². The van der Waals surface area contributed by atoms with Crippen molar-refractivity contribution in [3.63, 3.8) is 0 Å². The third kappa shape index (κ3) is 3.81. The van der Waals surface area contributed by atoms with E-state index in [1.165, 1.54) is 0 Å². The standard InChI is InChI=1S/C10H8ClF3O3/c11-4-6-1-7(12)5(3-9(15)16)2-8(6)17-10(13)14/h1-2,10H,3-4H2,(H,15,16). The summed E-state index contributed by atoms with van der Waals surface area (Å²) in [7, 11) is 0. The highest BCUT2D eigenvalue weighted by Gasteiger charge is 2.15. The number of carbonyl (C=O) groups is 1. The molecule has 0 fully saturated rings. The van der Waals surface area contributed by atoms with E-state index in [0.29, 0.717) is 0 Å². The lowest BCUT2D eigenvalue weighted by Gasteiger charge is -2.11. The van der Waals surface area contributed by atoms with E-state index in [0.717, 1.165) is 12.1 Å². The monoisotopic (exact) mass is 268 g/mol. The van der Waals surface area contributed by atoms with Gasteiger partial charge in [-0.3, -0.25) is 4.79 Å². The maximum atomic E-state index is 13.3. The van der Waals surface area contributed by atoms with E-state index < -0.39 is 24.8 Å². The fourth-order valence-corrected chi connectivity index (χ4v) is 1.45. The van der Waals surface area contributed by atoms with Crippen LogP contribution in [0.5, 0.6) is 5.75 Å². The lowest BCUT2D eigenvalue weighted by molar-refractivity contribution is -0.136. The topological polar surface area (TPSA) is 46.5 Å². The first-order valence-corrected chi connectivity index (χ1v) is 5.01. The van der Waals surface area contributed by atoms with Gasteiger partial charge in [0.25, 0.3) is 0 Å². The molecule has 1 rings (SSSR count). The van der Waals surface area contributed by atoms with Gasteiger partial charge in [0.15, 0.2) is 0 Å². The summed E-state index contributed by atoms with van der Waals surface area (Å²) in [6.45, 7) is -3.08. The molecule has 0 atom stereocenters. The molecule has 0 saturated carbocycles. The Bertz CT molecular complexity index is 424. The number of hydrogen-bond donors (Lipinski definition) is 1. The maximum absolute atomic E-state index is 13.3. The SMILES string of the molecule is O=C(O)Cc1cc(OC(F)F)c(CCl)cc1F. The number of benzene rings is 1. The summed E-state index contributed by atoms with van der Waals surface area (Å²) in [5, 5.41) is 8.51. The first kappa shape index (κ1) is 13.6. The molecule has 0 radical (unpaired) electrons. The first-order valence-electron chi connectivity index (χ1n) is 4.48. The molecule has 0 bridgehead atoms. The Morgan fingerprint density at radius 2 is 2.06 bits per heavy atom. The molecule has 3 nitrogen and oxygen atoms in total. The molecule has 0 amide bonds. The van der Waals surface area contributed by atoms with Gasteiger partial charge in [-0.2, -0.15) is 8.78 Å². The number of hydrogen-bond acceptors (Lipinski definition) is 2. The zero-order chi connectivity index (χ0) is 13.0. The van der Waals surface area contributed by atoms with Crippen LogP contribution < -0.4 is 4.74 Å². The van der Waals surface area contributed by atoms with E-state index in [2.05, 4.69) is 4.74 Å². The normalized spacial score (nSPS) is 10.6. The highest BCUT2D eigenvalue weighted by Crippen LogP contribution is 2.26. The molecule has 0 aliphatic heterocycles. The fourth-order valence-electron chi connectivity index (χ4n) is 1.25. The van der Waals surface area contributed by atoms with Crippen molar-refractivity contribution in [3.8, 4) is 5.75 Å². The Hall–Kier alpha value is -1.43. The number of ether oxygens (including phenoxy) is 1. The molecule has 0 heterocycles. The molecule has 1 N–H and O–H groups in total. The van der Waals surface area contributed by atoms with Crippen molar-refractivity contribution in [1.82, 2.24) is 0 Å². The Morgan fingerprint density at radius 3 is 2.53 bits per heavy atom. The molecule has 94 valence electrons. The number of carboxylic acids is 1. The van der Waals surface area contributed by atoms with E-state index in [1.54, 1.807) is 0 Å². The number of halogens is 4. The molecule has 0 aromatic heterocycles. The maximum Gasteiger partial charge on any atom is 0.387 e. The minimum atomic E-state index is -3.08. The van der Waals surface area contributed by atoms with Crippen molar-refractivity contribution >= 4 is 17.6 Å². The van der Waals surface area contributed by atoms with E-state index >= 15 is 0 Å². The molecular weight excluding hydrogens is 261 g/mol. The Morgan fingerprint density at radius 1 is 1.41 bits per heavy atom. The third-order valence-electron chi connectivity index (χ3n) is 1.93. The molecule has 0 saturated heterocycles. The predicted molar refractivity (Wildman–Crippen MR) is 53.9 cm³/mol. The number of alkyl halides is 3. The lowest BCUT2D eigenvalue weighted by atomic mass is 10.1. The van der Waals surface area contributed by atoms with Crippen LogP contribution in [0.25, 0.3) is 0 Å². The first-order chi connectivity index (χ1) is 7.93. The molecule has 0 aliphatic rings. The summed E-state index contributed by atoms with van der Waals surface area (Å²) >= 11 is 5.44.